The summed E-state index contributed by atoms with van der Waals surface area (Å²) in [5.74, 6) is 2.91. The molecule has 0 aromatic carbocycles. The second kappa shape index (κ2) is 5.33. The third-order valence-corrected chi connectivity index (χ3v) is 6.93. The van der Waals surface area contributed by atoms with E-state index in [4.69, 9.17) is 4.98 Å². The number of hydrogen-bond donors (Lipinski definition) is 0. The number of nitrogens with zero attached hydrogens (tertiary/aromatic N) is 3. The van der Waals surface area contributed by atoms with Crippen LogP contribution in [-0.2, 0) is 4.79 Å². The highest BCUT2D eigenvalue weighted by molar-refractivity contribution is 7.17. The van der Waals surface area contributed by atoms with Gasteiger partial charge in [-0.05, 0) is 46.0 Å². The number of fused-ring (bicyclic) bond motifs is 1. The van der Waals surface area contributed by atoms with Crippen molar-refractivity contribution in [3.63, 3.8) is 0 Å². The molecule has 2 aromatic heterocycles. The first-order chi connectivity index (χ1) is 11.0. The van der Waals surface area contributed by atoms with Crippen molar-refractivity contribution >= 4 is 22.1 Å². The van der Waals surface area contributed by atoms with E-state index in [1.807, 2.05) is 11.3 Å². The van der Waals surface area contributed by atoms with Gasteiger partial charge < -0.3 is 4.90 Å². The first-order valence-corrected chi connectivity index (χ1v) is 9.52. The molecular formula is C18H25N3OS. The second-order valence-corrected chi connectivity index (χ2v) is 8.55. The highest BCUT2D eigenvalue weighted by atomic mass is 32.1. The minimum atomic E-state index is 0.315. The smallest absolute Gasteiger partial charge is 0.225 e. The number of imidazole rings is 1. The van der Waals surface area contributed by atoms with Gasteiger partial charge in [0.05, 0.1) is 5.69 Å². The van der Waals surface area contributed by atoms with E-state index in [1.54, 1.807) is 0 Å². The van der Waals surface area contributed by atoms with E-state index in [-0.39, 0.29) is 0 Å². The van der Waals surface area contributed by atoms with Crippen LogP contribution < -0.4 is 0 Å². The molecule has 3 heterocycles. The van der Waals surface area contributed by atoms with Crippen molar-refractivity contribution in [3.8, 4) is 0 Å². The molecule has 0 radical (unpaired) electrons. The van der Waals surface area contributed by atoms with Gasteiger partial charge in [-0.25, -0.2) is 4.98 Å². The Balaban J connectivity index is 1.52. The van der Waals surface area contributed by atoms with Gasteiger partial charge in [0.25, 0.3) is 0 Å². The average molecular weight is 331 g/mol. The lowest BCUT2D eigenvalue weighted by Crippen LogP contribution is -2.39. The molecule has 0 unspecified atom stereocenters. The van der Waals surface area contributed by atoms with E-state index in [0.29, 0.717) is 23.7 Å². The summed E-state index contributed by atoms with van der Waals surface area (Å²) in [5.41, 5.74) is 2.58. The molecule has 2 atom stereocenters. The minimum Gasteiger partial charge on any atom is -0.342 e. The van der Waals surface area contributed by atoms with Crippen LogP contribution in [0, 0.1) is 32.6 Å². The van der Waals surface area contributed by atoms with Crippen LogP contribution in [0.4, 0.5) is 0 Å². The van der Waals surface area contributed by atoms with Crippen LogP contribution in [-0.4, -0.2) is 33.3 Å². The summed E-state index contributed by atoms with van der Waals surface area (Å²) in [6.07, 6.45) is 3.19. The van der Waals surface area contributed by atoms with E-state index in [0.717, 1.165) is 38.2 Å². The van der Waals surface area contributed by atoms with E-state index in [1.165, 1.54) is 21.1 Å². The van der Waals surface area contributed by atoms with Gasteiger partial charge in [-0.1, -0.05) is 6.92 Å². The molecule has 2 aromatic rings. The van der Waals surface area contributed by atoms with Gasteiger partial charge in [-0.15, -0.1) is 11.3 Å². The third kappa shape index (κ3) is 2.40. The summed E-state index contributed by atoms with van der Waals surface area (Å²) < 4.78 is 2.30. The second-order valence-electron chi connectivity index (χ2n) is 7.35. The molecule has 0 bridgehead atoms. The predicted molar refractivity (Wildman–Crippen MR) is 93.1 cm³/mol. The fourth-order valence-corrected chi connectivity index (χ4v) is 5.15. The molecule has 1 aliphatic carbocycles. The van der Waals surface area contributed by atoms with Gasteiger partial charge in [0.2, 0.25) is 5.91 Å². The largest absolute Gasteiger partial charge is 0.342 e. The number of aromatic nitrogens is 2. The Morgan fingerprint density at radius 2 is 1.87 bits per heavy atom. The van der Waals surface area contributed by atoms with E-state index in [9.17, 15) is 4.79 Å². The maximum absolute atomic E-state index is 12.4. The monoisotopic (exact) mass is 331 g/mol. The number of rotatable bonds is 2. The molecular weight excluding hydrogens is 306 g/mol. The van der Waals surface area contributed by atoms with Crippen molar-refractivity contribution in [2.75, 3.05) is 13.1 Å². The highest BCUT2D eigenvalue weighted by Crippen LogP contribution is 2.41. The number of hydrogen-bond acceptors (Lipinski definition) is 3. The number of piperidine rings is 1. The number of amides is 1. The number of carbonyl (C=O) groups is 1. The molecule has 1 aliphatic heterocycles. The van der Waals surface area contributed by atoms with Crippen LogP contribution >= 0.6 is 11.3 Å². The van der Waals surface area contributed by atoms with Gasteiger partial charge >= 0.3 is 0 Å². The van der Waals surface area contributed by atoms with Crippen LogP contribution in [0.5, 0.6) is 0 Å². The number of likely N-dealkylation sites (tertiary alicyclic amines) is 1. The zero-order chi connectivity index (χ0) is 16.3. The van der Waals surface area contributed by atoms with Gasteiger partial charge in [0.15, 0.2) is 0 Å². The lowest BCUT2D eigenvalue weighted by Gasteiger charge is -2.31. The summed E-state index contributed by atoms with van der Waals surface area (Å²) in [7, 11) is 0. The molecule has 2 aliphatic rings. The van der Waals surface area contributed by atoms with Crippen molar-refractivity contribution < 1.29 is 4.79 Å². The van der Waals surface area contributed by atoms with Crippen LogP contribution in [0.3, 0.4) is 0 Å². The van der Waals surface area contributed by atoms with Crippen molar-refractivity contribution in [3.05, 3.63) is 22.1 Å². The predicted octanol–water partition coefficient (Wildman–Crippen LogP) is 3.68. The standard InChI is InChI=1S/C18H25N3OS/c1-10-9-15(10)17(22)20-7-5-14(6-8-20)16-18-21(13(4)19-16)11(2)12(3)23-18/h10,14-15H,5-9H2,1-4H3/t10-,15+/m0/s1. The van der Waals surface area contributed by atoms with Crippen LogP contribution in [0.25, 0.3) is 4.83 Å². The summed E-state index contributed by atoms with van der Waals surface area (Å²) in [6, 6.07) is 0. The normalized spacial score (nSPS) is 25.3. The molecule has 23 heavy (non-hydrogen) atoms. The summed E-state index contributed by atoms with van der Waals surface area (Å²) in [6.45, 7) is 10.4. The topological polar surface area (TPSA) is 37.6 Å². The SMILES string of the molecule is Cc1sc2c(C3CCN(C(=O)[C@@H]4C[C@@H]4C)CC3)nc(C)n2c1C. The molecule has 1 saturated heterocycles. The summed E-state index contributed by atoms with van der Waals surface area (Å²) in [4.78, 5) is 22.0. The molecule has 2 fully saturated rings. The van der Waals surface area contributed by atoms with Crippen molar-refractivity contribution in [2.24, 2.45) is 11.8 Å². The van der Waals surface area contributed by atoms with Crippen LogP contribution in [0.1, 0.15) is 54.2 Å². The molecule has 4 nitrogen and oxygen atoms in total. The van der Waals surface area contributed by atoms with Crippen molar-refractivity contribution in [2.45, 2.75) is 52.9 Å². The summed E-state index contributed by atoms with van der Waals surface area (Å²) in [5, 5.41) is 0. The van der Waals surface area contributed by atoms with E-state index >= 15 is 0 Å². The van der Waals surface area contributed by atoms with Crippen LogP contribution in [0.15, 0.2) is 0 Å². The lowest BCUT2D eigenvalue weighted by molar-refractivity contribution is -0.133. The average Bonchev–Trinajstić information content (AvgIpc) is 3.08. The first kappa shape index (κ1) is 15.2. The Labute approximate surface area is 141 Å². The lowest BCUT2D eigenvalue weighted by atomic mass is 9.93. The fourth-order valence-electron chi connectivity index (χ4n) is 3.94. The van der Waals surface area contributed by atoms with Gasteiger partial charge in [-0.2, -0.15) is 0 Å². The molecule has 5 heteroatoms. The molecule has 1 amide bonds. The number of thiazole rings is 1. The van der Waals surface area contributed by atoms with Crippen LogP contribution in [0.2, 0.25) is 0 Å². The molecule has 124 valence electrons. The molecule has 4 rings (SSSR count). The Morgan fingerprint density at radius 3 is 2.48 bits per heavy atom. The Hall–Kier alpha value is -1.36. The number of carbonyl (C=O) groups excluding carboxylic acids is 1. The molecule has 0 N–H and O–H groups in total. The number of aryl methyl sites for hydroxylation is 3. The fraction of sp³-hybridized carbons (Fsp3) is 0.667. The quantitative estimate of drug-likeness (QED) is 0.842. The summed E-state index contributed by atoms with van der Waals surface area (Å²) >= 11 is 1.86. The minimum absolute atomic E-state index is 0.315. The Bertz CT molecular complexity index is 767. The van der Waals surface area contributed by atoms with E-state index < -0.39 is 0 Å². The highest BCUT2D eigenvalue weighted by Gasteiger charge is 2.42. The maximum atomic E-state index is 12.4. The zero-order valence-corrected chi connectivity index (χ0v) is 15.2. The Kier molecular flexibility index (Phi) is 3.52. The van der Waals surface area contributed by atoms with Crippen molar-refractivity contribution in [1.82, 2.24) is 14.3 Å². The van der Waals surface area contributed by atoms with Gasteiger partial charge in [-0.3, -0.25) is 9.20 Å². The first-order valence-electron chi connectivity index (χ1n) is 8.71. The van der Waals surface area contributed by atoms with Gasteiger partial charge in [0, 0.05) is 35.5 Å². The molecule has 1 saturated carbocycles. The zero-order valence-electron chi connectivity index (χ0n) is 14.4. The third-order valence-electron chi connectivity index (χ3n) is 5.74. The molecule has 0 spiro atoms. The van der Waals surface area contributed by atoms with Gasteiger partial charge in [0.1, 0.15) is 10.7 Å². The Morgan fingerprint density at radius 1 is 1.22 bits per heavy atom. The van der Waals surface area contributed by atoms with Crippen molar-refractivity contribution in [1.29, 1.82) is 0 Å². The maximum Gasteiger partial charge on any atom is 0.225 e. The van der Waals surface area contributed by atoms with E-state index in [2.05, 4.69) is 37.0 Å².